The quantitative estimate of drug-likeness (QED) is 0.407. The van der Waals surface area contributed by atoms with E-state index < -0.39 is 33.5 Å². The van der Waals surface area contributed by atoms with Crippen molar-refractivity contribution < 1.29 is 35.9 Å². The van der Waals surface area contributed by atoms with Crippen molar-refractivity contribution in [2.45, 2.75) is 36.3 Å². The first-order valence-corrected chi connectivity index (χ1v) is 12.2. The summed E-state index contributed by atoms with van der Waals surface area (Å²) in [5, 5.41) is 2.16. The first-order chi connectivity index (χ1) is 16.5. The second-order valence-electron chi connectivity index (χ2n) is 7.64. The lowest BCUT2D eigenvalue weighted by molar-refractivity contribution is -0.146. The van der Waals surface area contributed by atoms with E-state index in [0.29, 0.717) is 11.1 Å². The Morgan fingerprint density at radius 2 is 1.43 bits per heavy atom. The molecule has 3 aromatic carbocycles. The summed E-state index contributed by atoms with van der Waals surface area (Å²) < 4.78 is 69.2. The van der Waals surface area contributed by atoms with E-state index in [1.807, 2.05) is 0 Å². The minimum Gasteiger partial charge on any atom is -0.461 e. The van der Waals surface area contributed by atoms with E-state index in [9.17, 15) is 31.2 Å². The molecule has 0 saturated carbocycles. The summed E-state index contributed by atoms with van der Waals surface area (Å²) in [6.07, 6.45) is -5.32. The Balaban J connectivity index is 1.47. The molecule has 0 unspecified atom stereocenters. The van der Waals surface area contributed by atoms with E-state index in [0.717, 1.165) is 12.1 Å². The molecule has 0 aliphatic carbocycles. The number of esters is 1. The van der Waals surface area contributed by atoms with Gasteiger partial charge in [0, 0.05) is 6.42 Å². The highest BCUT2D eigenvalue weighted by molar-refractivity contribution is 7.90. The number of halogens is 3. The third-order valence-electron chi connectivity index (χ3n) is 4.94. The molecule has 0 radical (unpaired) electrons. The molecule has 35 heavy (non-hydrogen) atoms. The van der Waals surface area contributed by atoms with Gasteiger partial charge in [0.1, 0.15) is 6.61 Å². The molecule has 1 amide bonds. The monoisotopic (exact) mass is 505 g/mol. The fraction of sp³-hybridized carbons (Fsp3) is 0.200. The fourth-order valence-electron chi connectivity index (χ4n) is 3.17. The van der Waals surface area contributed by atoms with Crippen molar-refractivity contribution in [3.05, 3.63) is 95.6 Å². The molecule has 0 aliphatic heterocycles. The highest BCUT2D eigenvalue weighted by atomic mass is 32.2. The molecule has 0 aromatic heterocycles. The number of hydrogen-bond donors (Lipinski definition) is 1. The normalized spacial score (nSPS) is 11.6. The van der Waals surface area contributed by atoms with Crippen molar-refractivity contribution in [2.75, 3.05) is 5.32 Å². The molecule has 10 heteroatoms. The van der Waals surface area contributed by atoms with Crippen molar-refractivity contribution in [1.82, 2.24) is 0 Å². The van der Waals surface area contributed by atoms with E-state index in [1.165, 1.54) is 36.4 Å². The maximum Gasteiger partial charge on any atom is 0.418 e. The summed E-state index contributed by atoms with van der Waals surface area (Å²) in [6, 6.07) is 19.2. The molecule has 0 bridgehead atoms. The second-order valence-corrected chi connectivity index (χ2v) is 9.63. The fourth-order valence-corrected chi connectivity index (χ4v) is 4.52. The SMILES string of the molecule is O=C(CCC(=O)OCc1ccc(S(=O)(=O)Cc2ccccc2)cc1)Nc1ccccc1C(F)(F)F. The molecule has 0 spiro atoms. The van der Waals surface area contributed by atoms with Crippen LogP contribution in [0.25, 0.3) is 0 Å². The third kappa shape index (κ3) is 7.68. The van der Waals surface area contributed by atoms with Crippen LogP contribution in [0.1, 0.15) is 29.5 Å². The Kier molecular flexibility index (Phi) is 8.29. The molecule has 0 saturated heterocycles. The first kappa shape index (κ1) is 26.0. The van der Waals surface area contributed by atoms with Crippen molar-refractivity contribution in [3.8, 4) is 0 Å². The lowest BCUT2D eigenvalue weighted by Gasteiger charge is -2.13. The maximum atomic E-state index is 13.0. The molecule has 0 fully saturated rings. The van der Waals surface area contributed by atoms with E-state index in [-0.39, 0.29) is 35.8 Å². The van der Waals surface area contributed by atoms with E-state index in [1.54, 1.807) is 30.3 Å². The van der Waals surface area contributed by atoms with Gasteiger partial charge in [0.2, 0.25) is 5.91 Å². The van der Waals surface area contributed by atoms with Gasteiger partial charge in [-0.05, 0) is 35.4 Å². The van der Waals surface area contributed by atoms with Gasteiger partial charge < -0.3 is 10.1 Å². The van der Waals surface area contributed by atoms with Gasteiger partial charge >= 0.3 is 12.1 Å². The number of sulfone groups is 1. The average molecular weight is 506 g/mol. The summed E-state index contributed by atoms with van der Waals surface area (Å²) in [4.78, 5) is 24.1. The summed E-state index contributed by atoms with van der Waals surface area (Å²) in [7, 11) is -3.54. The number of nitrogens with one attached hydrogen (secondary N) is 1. The van der Waals surface area contributed by atoms with Gasteiger partial charge in [0.05, 0.1) is 28.3 Å². The average Bonchev–Trinajstić information content (AvgIpc) is 2.82. The minimum atomic E-state index is -4.63. The number of para-hydroxylation sites is 1. The zero-order chi connectivity index (χ0) is 25.5. The van der Waals surface area contributed by atoms with Gasteiger partial charge in [0.15, 0.2) is 9.84 Å². The van der Waals surface area contributed by atoms with Crippen LogP contribution in [-0.2, 0) is 42.7 Å². The van der Waals surface area contributed by atoms with Crippen LogP contribution < -0.4 is 5.32 Å². The molecule has 0 aliphatic rings. The van der Waals surface area contributed by atoms with Gasteiger partial charge in [0.25, 0.3) is 0 Å². The summed E-state index contributed by atoms with van der Waals surface area (Å²) in [6.45, 7) is -0.142. The summed E-state index contributed by atoms with van der Waals surface area (Å²) in [5.41, 5.74) is -0.164. The Morgan fingerprint density at radius 3 is 2.09 bits per heavy atom. The number of rotatable bonds is 9. The third-order valence-corrected chi connectivity index (χ3v) is 6.65. The molecule has 0 atom stereocenters. The molecule has 1 N–H and O–H groups in total. The summed E-state index contributed by atoms with van der Waals surface area (Å²) >= 11 is 0. The Hall–Kier alpha value is -3.66. The topological polar surface area (TPSA) is 89.5 Å². The van der Waals surface area contributed by atoms with Crippen LogP contribution in [0, 0.1) is 0 Å². The lowest BCUT2D eigenvalue weighted by Crippen LogP contribution is -2.17. The van der Waals surface area contributed by atoms with Crippen LogP contribution >= 0.6 is 0 Å². The van der Waals surface area contributed by atoms with Crippen LogP contribution in [-0.4, -0.2) is 20.3 Å². The van der Waals surface area contributed by atoms with Crippen LogP contribution in [0.3, 0.4) is 0 Å². The number of anilines is 1. The second kappa shape index (κ2) is 11.2. The number of ether oxygens (including phenoxy) is 1. The van der Waals surface area contributed by atoms with E-state index >= 15 is 0 Å². The van der Waals surface area contributed by atoms with Crippen LogP contribution in [0.4, 0.5) is 18.9 Å². The number of benzene rings is 3. The van der Waals surface area contributed by atoms with Gasteiger partial charge in [-0.3, -0.25) is 9.59 Å². The minimum absolute atomic E-state index is 0.132. The van der Waals surface area contributed by atoms with Crippen molar-refractivity contribution >= 4 is 27.4 Å². The standard InChI is InChI=1S/C25H22F3NO5S/c26-25(27,28)21-8-4-5-9-22(21)29-23(30)14-15-24(31)34-16-18-10-12-20(13-11-18)35(32,33)17-19-6-2-1-3-7-19/h1-13H,14-17H2,(H,29,30). The molecular weight excluding hydrogens is 483 g/mol. The molecule has 6 nitrogen and oxygen atoms in total. The Morgan fingerprint density at radius 1 is 0.800 bits per heavy atom. The van der Waals surface area contributed by atoms with Crippen molar-refractivity contribution in [1.29, 1.82) is 0 Å². The lowest BCUT2D eigenvalue weighted by atomic mass is 10.1. The highest BCUT2D eigenvalue weighted by Crippen LogP contribution is 2.34. The molecular formula is C25H22F3NO5S. The molecule has 0 heterocycles. The Labute approximate surface area is 200 Å². The molecule has 3 aromatic rings. The van der Waals surface area contributed by atoms with Gasteiger partial charge in [-0.2, -0.15) is 13.2 Å². The smallest absolute Gasteiger partial charge is 0.418 e. The predicted octanol–water partition coefficient (Wildman–Crippen LogP) is 5.14. The number of hydrogen-bond acceptors (Lipinski definition) is 5. The maximum absolute atomic E-state index is 13.0. The van der Waals surface area contributed by atoms with Crippen molar-refractivity contribution in [2.24, 2.45) is 0 Å². The Bertz CT molecular complexity index is 1270. The van der Waals surface area contributed by atoms with Gasteiger partial charge in [-0.25, -0.2) is 8.42 Å². The largest absolute Gasteiger partial charge is 0.461 e. The van der Waals surface area contributed by atoms with Gasteiger partial charge in [-0.15, -0.1) is 0 Å². The van der Waals surface area contributed by atoms with Crippen LogP contribution in [0.2, 0.25) is 0 Å². The first-order valence-electron chi connectivity index (χ1n) is 10.5. The number of carbonyl (C=O) groups excluding carboxylic acids is 2. The van der Waals surface area contributed by atoms with Crippen LogP contribution in [0.5, 0.6) is 0 Å². The number of carbonyl (C=O) groups is 2. The number of alkyl halides is 3. The number of amides is 1. The van der Waals surface area contributed by atoms with Gasteiger partial charge in [-0.1, -0.05) is 54.6 Å². The predicted molar refractivity (Wildman–Crippen MR) is 123 cm³/mol. The van der Waals surface area contributed by atoms with Crippen molar-refractivity contribution in [3.63, 3.8) is 0 Å². The van der Waals surface area contributed by atoms with E-state index in [4.69, 9.17) is 4.74 Å². The highest BCUT2D eigenvalue weighted by Gasteiger charge is 2.33. The molecule has 3 rings (SSSR count). The van der Waals surface area contributed by atoms with Crippen LogP contribution in [0.15, 0.2) is 83.8 Å². The molecule has 184 valence electrons. The van der Waals surface area contributed by atoms with E-state index in [2.05, 4.69) is 5.32 Å². The zero-order valence-corrected chi connectivity index (χ0v) is 19.2. The zero-order valence-electron chi connectivity index (χ0n) is 18.4. The summed E-state index contributed by atoms with van der Waals surface area (Å²) in [5.74, 6) is -1.62.